The summed E-state index contributed by atoms with van der Waals surface area (Å²) in [5.41, 5.74) is 2.59. The molecule has 0 radical (unpaired) electrons. The lowest BCUT2D eigenvalue weighted by Crippen LogP contribution is -2.49. The van der Waals surface area contributed by atoms with Gasteiger partial charge < -0.3 is 20.5 Å². The number of pyridine rings is 1. The van der Waals surface area contributed by atoms with E-state index in [1.54, 1.807) is 0 Å². The minimum absolute atomic E-state index is 0.453. The van der Waals surface area contributed by atoms with Crippen LogP contribution in [0.2, 0.25) is 0 Å². The van der Waals surface area contributed by atoms with E-state index in [0.29, 0.717) is 6.04 Å². The van der Waals surface area contributed by atoms with Gasteiger partial charge in [-0.15, -0.1) is 0 Å². The molecule has 0 unspecified atom stereocenters. The van der Waals surface area contributed by atoms with Gasteiger partial charge in [0.2, 0.25) is 0 Å². The maximum atomic E-state index is 4.46. The Bertz CT molecular complexity index is 925. The molecule has 1 aliphatic rings. The normalized spacial score (nSPS) is 15.6. The number of para-hydroxylation sites is 1. The van der Waals surface area contributed by atoms with Crippen LogP contribution in [0.3, 0.4) is 0 Å². The second-order valence-electron chi connectivity index (χ2n) is 7.56. The molecule has 1 aliphatic heterocycles. The van der Waals surface area contributed by atoms with Crippen molar-refractivity contribution < 1.29 is 0 Å². The molecule has 6 nitrogen and oxygen atoms in total. The first kappa shape index (κ1) is 19.3. The van der Waals surface area contributed by atoms with Gasteiger partial charge in [-0.2, -0.15) is 0 Å². The van der Waals surface area contributed by atoms with Crippen molar-refractivity contribution in [1.82, 2.24) is 20.6 Å². The molecule has 3 heterocycles. The van der Waals surface area contributed by atoms with Crippen LogP contribution in [0, 0.1) is 0 Å². The number of aromatic nitrogens is 2. The number of piperidine rings is 1. The van der Waals surface area contributed by atoms with Crippen LogP contribution in [-0.4, -0.2) is 48.7 Å². The molecule has 3 aromatic rings. The zero-order chi connectivity index (χ0) is 19.9. The highest BCUT2D eigenvalue weighted by Gasteiger charge is 2.20. The molecule has 0 aliphatic carbocycles. The van der Waals surface area contributed by atoms with Gasteiger partial charge in [0.05, 0.1) is 0 Å². The third-order valence-corrected chi connectivity index (χ3v) is 5.62. The van der Waals surface area contributed by atoms with E-state index in [-0.39, 0.29) is 0 Å². The van der Waals surface area contributed by atoms with Crippen molar-refractivity contribution in [2.45, 2.75) is 31.7 Å². The molecule has 1 fully saturated rings. The molecule has 2 aromatic heterocycles. The third-order valence-electron chi connectivity index (χ3n) is 5.62. The van der Waals surface area contributed by atoms with E-state index in [2.05, 4.69) is 73.1 Å². The van der Waals surface area contributed by atoms with Crippen molar-refractivity contribution in [2.75, 3.05) is 31.6 Å². The number of fused-ring (bicyclic) bond motifs is 1. The Morgan fingerprint density at radius 1 is 1.17 bits per heavy atom. The highest BCUT2D eigenvalue weighted by Crippen LogP contribution is 2.19. The molecule has 0 spiro atoms. The van der Waals surface area contributed by atoms with Crippen LogP contribution in [0.5, 0.6) is 0 Å². The van der Waals surface area contributed by atoms with E-state index < -0.39 is 0 Å². The SMILES string of the molecule is CN=C(NCCCc1c[nH]c2ccccc12)NC1CCN(c2ccccn2)CC1. The van der Waals surface area contributed by atoms with Gasteiger partial charge in [-0.25, -0.2) is 4.98 Å². The van der Waals surface area contributed by atoms with Crippen LogP contribution in [-0.2, 0) is 6.42 Å². The van der Waals surface area contributed by atoms with E-state index in [0.717, 1.165) is 57.1 Å². The first-order valence-corrected chi connectivity index (χ1v) is 10.5. The second-order valence-corrected chi connectivity index (χ2v) is 7.56. The average Bonchev–Trinajstić information content (AvgIpc) is 3.20. The fourth-order valence-electron chi connectivity index (χ4n) is 4.01. The predicted octanol–water partition coefficient (Wildman–Crippen LogP) is 3.33. The minimum Gasteiger partial charge on any atom is -0.361 e. The number of aromatic amines is 1. The van der Waals surface area contributed by atoms with Crippen molar-refractivity contribution in [1.29, 1.82) is 0 Å². The number of hydrogen-bond acceptors (Lipinski definition) is 3. The maximum absolute atomic E-state index is 4.46. The first-order valence-electron chi connectivity index (χ1n) is 10.5. The number of nitrogens with one attached hydrogen (secondary N) is 3. The summed E-state index contributed by atoms with van der Waals surface area (Å²) in [5, 5.41) is 8.39. The van der Waals surface area contributed by atoms with Gasteiger partial charge in [0.1, 0.15) is 5.82 Å². The molecule has 1 aromatic carbocycles. The summed E-state index contributed by atoms with van der Waals surface area (Å²) in [5.74, 6) is 1.98. The Balaban J connectivity index is 1.19. The number of guanidine groups is 1. The number of H-pyrrole nitrogens is 1. The molecule has 0 saturated carbocycles. The first-order chi connectivity index (χ1) is 14.3. The zero-order valence-corrected chi connectivity index (χ0v) is 17.1. The summed E-state index contributed by atoms with van der Waals surface area (Å²) < 4.78 is 0. The van der Waals surface area contributed by atoms with Crippen molar-refractivity contribution in [3.63, 3.8) is 0 Å². The second kappa shape index (κ2) is 9.45. The number of benzene rings is 1. The molecule has 0 atom stereocenters. The van der Waals surface area contributed by atoms with Gasteiger partial charge in [-0.05, 0) is 49.4 Å². The van der Waals surface area contributed by atoms with E-state index in [9.17, 15) is 0 Å². The Morgan fingerprint density at radius 2 is 2.00 bits per heavy atom. The van der Waals surface area contributed by atoms with Crippen molar-refractivity contribution in [2.24, 2.45) is 4.99 Å². The van der Waals surface area contributed by atoms with Gasteiger partial charge in [0, 0.05) is 56.0 Å². The Labute approximate surface area is 172 Å². The number of rotatable bonds is 6. The van der Waals surface area contributed by atoms with Gasteiger partial charge >= 0.3 is 0 Å². The Hall–Kier alpha value is -3.02. The quantitative estimate of drug-likeness (QED) is 0.343. The molecule has 0 bridgehead atoms. The summed E-state index contributed by atoms with van der Waals surface area (Å²) in [6.45, 7) is 2.95. The molecular formula is C23H30N6. The number of hydrogen-bond donors (Lipinski definition) is 3. The number of aryl methyl sites for hydroxylation is 1. The number of anilines is 1. The Kier molecular flexibility index (Phi) is 6.29. The average molecular weight is 391 g/mol. The summed E-state index contributed by atoms with van der Waals surface area (Å²) in [6, 6.07) is 15.0. The molecule has 6 heteroatoms. The molecule has 4 rings (SSSR count). The van der Waals surface area contributed by atoms with Gasteiger partial charge in [0.15, 0.2) is 5.96 Å². The van der Waals surface area contributed by atoms with Crippen molar-refractivity contribution in [3.8, 4) is 0 Å². The van der Waals surface area contributed by atoms with Gasteiger partial charge in [-0.3, -0.25) is 4.99 Å². The summed E-state index contributed by atoms with van der Waals surface area (Å²) in [7, 11) is 1.85. The van der Waals surface area contributed by atoms with Crippen LogP contribution < -0.4 is 15.5 Å². The van der Waals surface area contributed by atoms with Crippen LogP contribution in [0.15, 0.2) is 59.9 Å². The lowest BCUT2D eigenvalue weighted by Gasteiger charge is -2.33. The lowest BCUT2D eigenvalue weighted by molar-refractivity contribution is 0.459. The number of nitrogens with zero attached hydrogens (tertiary/aromatic N) is 3. The highest BCUT2D eigenvalue weighted by atomic mass is 15.2. The topological polar surface area (TPSA) is 68.3 Å². The van der Waals surface area contributed by atoms with E-state index in [1.165, 1.54) is 16.5 Å². The van der Waals surface area contributed by atoms with Crippen LogP contribution in [0.25, 0.3) is 10.9 Å². The fraction of sp³-hybridized carbons (Fsp3) is 0.391. The summed E-state index contributed by atoms with van der Waals surface area (Å²) in [6.07, 6.45) is 8.30. The Morgan fingerprint density at radius 3 is 2.79 bits per heavy atom. The van der Waals surface area contributed by atoms with E-state index in [4.69, 9.17) is 0 Å². The van der Waals surface area contributed by atoms with E-state index >= 15 is 0 Å². The molecule has 3 N–H and O–H groups in total. The predicted molar refractivity (Wildman–Crippen MR) is 121 cm³/mol. The van der Waals surface area contributed by atoms with Crippen molar-refractivity contribution in [3.05, 3.63) is 60.4 Å². The standard InChI is InChI=1S/C23H30N6/c1-24-23(26-14-6-7-18-17-27-21-9-3-2-8-20(18)21)28-19-11-15-29(16-12-19)22-10-4-5-13-25-22/h2-5,8-10,13,17,19,27H,6-7,11-12,14-16H2,1H3,(H2,24,26,28). The maximum Gasteiger partial charge on any atom is 0.191 e. The highest BCUT2D eigenvalue weighted by molar-refractivity contribution is 5.83. The molecule has 152 valence electrons. The van der Waals surface area contributed by atoms with Gasteiger partial charge in [-0.1, -0.05) is 24.3 Å². The fourth-order valence-corrected chi connectivity index (χ4v) is 4.01. The summed E-state index contributed by atoms with van der Waals surface area (Å²) in [4.78, 5) is 14.6. The summed E-state index contributed by atoms with van der Waals surface area (Å²) >= 11 is 0. The monoisotopic (exact) mass is 390 g/mol. The zero-order valence-electron chi connectivity index (χ0n) is 17.1. The molecule has 1 saturated heterocycles. The van der Waals surface area contributed by atoms with Crippen molar-refractivity contribution >= 4 is 22.7 Å². The molecular weight excluding hydrogens is 360 g/mol. The lowest BCUT2D eigenvalue weighted by atomic mass is 10.1. The largest absolute Gasteiger partial charge is 0.361 e. The molecule has 29 heavy (non-hydrogen) atoms. The minimum atomic E-state index is 0.453. The van der Waals surface area contributed by atoms with Crippen LogP contribution in [0.4, 0.5) is 5.82 Å². The third kappa shape index (κ3) is 4.88. The van der Waals surface area contributed by atoms with Crippen LogP contribution in [0.1, 0.15) is 24.8 Å². The van der Waals surface area contributed by atoms with Crippen LogP contribution >= 0.6 is 0 Å². The molecule has 0 amide bonds. The van der Waals surface area contributed by atoms with E-state index in [1.807, 2.05) is 19.3 Å². The van der Waals surface area contributed by atoms with Gasteiger partial charge in [0.25, 0.3) is 0 Å². The smallest absolute Gasteiger partial charge is 0.191 e. The number of aliphatic imine (C=N–C) groups is 1.